The van der Waals surface area contributed by atoms with Crippen LogP contribution in [-0.2, 0) is 0 Å². The summed E-state index contributed by atoms with van der Waals surface area (Å²) in [6, 6.07) is 0. The predicted molar refractivity (Wildman–Crippen MR) is 116 cm³/mol. The molecule has 0 heterocycles. The second-order valence-corrected chi connectivity index (χ2v) is 6.75. The van der Waals surface area contributed by atoms with Gasteiger partial charge in [0.1, 0.15) is 0 Å². The lowest BCUT2D eigenvalue weighted by Gasteiger charge is -2.03. The van der Waals surface area contributed by atoms with Crippen molar-refractivity contribution < 1.29 is 0 Å². The molecule has 0 saturated carbocycles. The highest BCUT2D eigenvalue weighted by atomic mass is 35.5. The van der Waals surface area contributed by atoms with Crippen LogP contribution < -0.4 is 5.32 Å². The van der Waals surface area contributed by atoms with Crippen LogP contribution in [0.4, 0.5) is 0 Å². The summed E-state index contributed by atoms with van der Waals surface area (Å²) in [6.45, 7) is 14.3. The predicted octanol–water partition coefficient (Wildman–Crippen LogP) is 7.86. The van der Waals surface area contributed by atoms with Gasteiger partial charge in [-0.1, -0.05) is 95.3 Å². The Morgan fingerprint density at radius 3 is 1.50 bits per heavy atom. The first-order valence-electron chi connectivity index (χ1n) is 10.1. The summed E-state index contributed by atoms with van der Waals surface area (Å²) >= 11 is 0. The highest BCUT2D eigenvalue weighted by Gasteiger charge is 1.93. The minimum absolute atomic E-state index is 0. The summed E-state index contributed by atoms with van der Waals surface area (Å²) in [5.74, 6) is 0. The summed E-state index contributed by atoms with van der Waals surface area (Å²) in [7, 11) is 0. The molecule has 1 nitrogen and oxygen atoms in total. The van der Waals surface area contributed by atoms with Gasteiger partial charge in [-0.25, -0.2) is 0 Å². The van der Waals surface area contributed by atoms with E-state index in [1.54, 1.807) is 0 Å². The number of allylic oxidation sites excluding steroid dienone is 2. The first-order chi connectivity index (χ1) is 11.2. The monoisotopic (exact) mass is 359 g/mol. The molecule has 0 bridgehead atoms. The number of unbranched alkanes of at least 4 members (excludes halogenated alkanes) is 11. The molecular weight excluding hydrogens is 314 g/mol. The van der Waals surface area contributed by atoms with E-state index < -0.39 is 0 Å². The molecule has 0 aromatic carbocycles. The lowest BCUT2D eigenvalue weighted by molar-refractivity contribution is 0.539. The summed E-state index contributed by atoms with van der Waals surface area (Å²) in [5.41, 5.74) is 1.38. The largest absolute Gasteiger partial charge is 0.313 e. The molecule has 0 aromatic heterocycles. The van der Waals surface area contributed by atoms with Gasteiger partial charge >= 0.3 is 0 Å². The molecule has 0 radical (unpaired) electrons. The lowest BCUT2D eigenvalue weighted by Crippen LogP contribution is -2.14. The van der Waals surface area contributed by atoms with Gasteiger partial charge in [-0.3, -0.25) is 0 Å². The SMILES string of the molecule is C=CCNCCCCCCCCCCCCCC.CC=C(C)C.Cl. The van der Waals surface area contributed by atoms with Gasteiger partial charge in [-0.05, 0) is 33.7 Å². The zero-order valence-corrected chi connectivity index (χ0v) is 18.0. The number of hydrogen-bond acceptors (Lipinski definition) is 1. The molecule has 0 unspecified atom stereocenters. The smallest absolute Gasteiger partial charge is 0.0132 e. The van der Waals surface area contributed by atoms with Gasteiger partial charge < -0.3 is 5.32 Å². The van der Waals surface area contributed by atoms with E-state index in [-0.39, 0.29) is 12.4 Å². The standard InChI is InChI=1S/C17H35N.C5H10.ClH/c1-3-5-6-7-8-9-10-11-12-13-14-15-17-18-16-4-2;1-4-5(2)3;/h4,18H,2-3,5-17H2,1H3;4H,1-3H3;1H. The van der Waals surface area contributed by atoms with Crippen molar-refractivity contribution in [3.8, 4) is 0 Å². The van der Waals surface area contributed by atoms with Crippen LogP contribution in [0.5, 0.6) is 0 Å². The van der Waals surface area contributed by atoms with Gasteiger partial charge in [0.05, 0.1) is 0 Å². The van der Waals surface area contributed by atoms with Crippen LogP contribution in [-0.4, -0.2) is 13.1 Å². The van der Waals surface area contributed by atoms with Crippen molar-refractivity contribution in [2.75, 3.05) is 13.1 Å². The van der Waals surface area contributed by atoms with E-state index in [0.29, 0.717) is 0 Å². The van der Waals surface area contributed by atoms with Crippen LogP contribution in [0.3, 0.4) is 0 Å². The highest BCUT2D eigenvalue weighted by molar-refractivity contribution is 5.85. The maximum absolute atomic E-state index is 3.70. The molecule has 0 amide bonds. The Balaban J connectivity index is -0.000000639. The number of rotatable bonds is 15. The van der Waals surface area contributed by atoms with Crippen LogP contribution in [0.1, 0.15) is 105 Å². The molecule has 2 heteroatoms. The summed E-state index contributed by atoms with van der Waals surface area (Å²) in [4.78, 5) is 0. The molecule has 146 valence electrons. The normalized spacial score (nSPS) is 9.50. The number of nitrogens with one attached hydrogen (secondary N) is 1. The fourth-order valence-electron chi connectivity index (χ4n) is 2.30. The zero-order chi connectivity index (χ0) is 17.6. The van der Waals surface area contributed by atoms with Gasteiger partial charge in [-0.15, -0.1) is 19.0 Å². The van der Waals surface area contributed by atoms with Crippen LogP contribution in [0.15, 0.2) is 24.3 Å². The van der Waals surface area contributed by atoms with Crippen molar-refractivity contribution in [3.05, 3.63) is 24.3 Å². The molecule has 0 aliphatic rings. The molecule has 0 aliphatic heterocycles. The number of hydrogen-bond donors (Lipinski definition) is 1. The van der Waals surface area contributed by atoms with E-state index in [1.165, 1.54) is 82.6 Å². The van der Waals surface area contributed by atoms with Crippen LogP contribution >= 0.6 is 12.4 Å². The van der Waals surface area contributed by atoms with Crippen molar-refractivity contribution in [2.24, 2.45) is 0 Å². The summed E-state index contributed by atoms with van der Waals surface area (Å²) in [5, 5.41) is 3.35. The fraction of sp³-hybridized carbons (Fsp3) is 0.818. The fourth-order valence-corrected chi connectivity index (χ4v) is 2.30. The maximum atomic E-state index is 3.70. The quantitative estimate of drug-likeness (QED) is 0.232. The maximum Gasteiger partial charge on any atom is 0.0132 e. The van der Waals surface area contributed by atoms with Crippen LogP contribution in [0.25, 0.3) is 0 Å². The minimum atomic E-state index is 0. The van der Waals surface area contributed by atoms with Crippen LogP contribution in [0, 0.1) is 0 Å². The van der Waals surface area contributed by atoms with Crippen molar-refractivity contribution >= 4 is 12.4 Å². The van der Waals surface area contributed by atoms with Crippen molar-refractivity contribution in [1.29, 1.82) is 0 Å². The minimum Gasteiger partial charge on any atom is -0.313 e. The van der Waals surface area contributed by atoms with Gasteiger partial charge in [-0.2, -0.15) is 0 Å². The number of halogens is 1. The van der Waals surface area contributed by atoms with Gasteiger partial charge in [0, 0.05) is 6.54 Å². The molecule has 0 atom stereocenters. The molecule has 24 heavy (non-hydrogen) atoms. The van der Waals surface area contributed by atoms with Crippen molar-refractivity contribution in [1.82, 2.24) is 5.32 Å². The third-order valence-corrected chi connectivity index (χ3v) is 4.07. The average molecular weight is 360 g/mol. The summed E-state index contributed by atoms with van der Waals surface area (Å²) in [6.07, 6.45) is 21.1. The zero-order valence-electron chi connectivity index (χ0n) is 17.2. The highest BCUT2D eigenvalue weighted by Crippen LogP contribution is 2.11. The van der Waals surface area contributed by atoms with E-state index in [1.807, 2.05) is 13.0 Å². The average Bonchev–Trinajstić information content (AvgIpc) is 2.55. The van der Waals surface area contributed by atoms with E-state index >= 15 is 0 Å². The molecule has 1 N–H and O–H groups in total. The Morgan fingerprint density at radius 2 is 1.17 bits per heavy atom. The Hall–Kier alpha value is -0.270. The Morgan fingerprint density at radius 1 is 0.792 bits per heavy atom. The molecule has 0 aromatic rings. The molecule has 0 spiro atoms. The van der Waals surface area contributed by atoms with Crippen molar-refractivity contribution in [3.63, 3.8) is 0 Å². The van der Waals surface area contributed by atoms with E-state index in [9.17, 15) is 0 Å². The van der Waals surface area contributed by atoms with Crippen molar-refractivity contribution in [2.45, 2.75) is 105 Å². The van der Waals surface area contributed by atoms with E-state index in [4.69, 9.17) is 0 Å². The van der Waals surface area contributed by atoms with Gasteiger partial charge in [0.25, 0.3) is 0 Å². The summed E-state index contributed by atoms with van der Waals surface area (Å²) < 4.78 is 0. The molecule has 0 aliphatic carbocycles. The Bertz CT molecular complexity index is 244. The van der Waals surface area contributed by atoms with Crippen LogP contribution in [0.2, 0.25) is 0 Å². The van der Waals surface area contributed by atoms with E-state index in [2.05, 4.69) is 38.7 Å². The molecule has 0 rings (SSSR count). The first-order valence-corrected chi connectivity index (χ1v) is 10.1. The molecular formula is C22H46ClN. The molecule has 0 saturated heterocycles. The third-order valence-electron chi connectivity index (χ3n) is 4.07. The van der Waals surface area contributed by atoms with E-state index in [0.717, 1.165) is 13.1 Å². The third kappa shape index (κ3) is 33.4. The second kappa shape index (κ2) is 27.6. The first kappa shape index (κ1) is 28.5. The Kier molecular flexibility index (Phi) is 32.8. The van der Waals surface area contributed by atoms with Gasteiger partial charge in [0.15, 0.2) is 0 Å². The lowest BCUT2D eigenvalue weighted by atomic mass is 10.1. The molecule has 0 fully saturated rings. The Labute approximate surface area is 160 Å². The second-order valence-electron chi connectivity index (χ2n) is 6.75. The van der Waals surface area contributed by atoms with Gasteiger partial charge in [0.2, 0.25) is 0 Å². The topological polar surface area (TPSA) is 12.0 Å².